The molecule has 0 radical (unpaired) electrons. The predicted molar refractivity (Wildman–Crippen MR) is 85.2 cm³/mol. The first-order valence-corrected chi connectivity index (χ1v) is 8.55. The molecule has 2 aliphatic rings. The van der Waals surface area contributed by atoms with Gasteiger partial charge in [0.05, 0.1) is 18.1 Å². The second-order valence-corrected chi connectivity index (χ2v) is 7.29. The fourth-order valence-corrected chi connectivity index (χ4v) is 4.67. The van der Waals surface area contributed by atoms with Gasteiger partial charge in [-0.2, -0.15) is 0 Å². The van der Waals surface area contributed by atoms with Crippen LogP contribution in [0.4, 0.5) is 5.00 Å². The number of rotatable bonds is 1. The van der Waals surface area contributed by atoms with E-state index in [2.05, 4.69) is 18.8 Å². The summed E-state index contributed by atoms with van der Waals surface area (Å²) < 4.78 is 10.6. The van der Waals surface area contributed by atoms with Gasteiger partial charge in [-0.05, 0) is 12.5 Å². The van der Waals surface area contributed by atoms with E-state index in [9.17, 15) is 4.79 Å². The van der Waals surface area contributed by atoms with E-state index in [1.165, 1.54) is 10.5 Å². The van der Waals surface area contributed by atoms with Crippen molar-refractivity contribution in [1.29, 1.82) is 0 Å². The van der Waals surface area contributed by atoms with Gasteiger partial charge < -0.3 is 14.4 Å². The van der Waals surface area contributed by atoms with Crippen molar-refractivity contribution >= 4 is 34.0 Å². The topological polar surface area (TPSA) is 38.8 Å². The van der Waals surface area contributed by atoms with Crippen molar-refractivity contribution in [2.75, 3.05) is 38.0 Å². The van der Waals surface area contributed by atoms with Gasteiger partial charge in [-0.1, -0.05) is 11.8 Å². The first kappa shape index (κ1) is 14.9. The zero-order valence-corrected chi connectivity index (χ0v) is 13.9. The summed E-state index contributed by atoms with van der Waals surface area (Å²) in [7, 11) is 3.51. The van der Waals surface area contributed by atoms with Crippen molar-refractivity contribution in [1.82, 2.24) is 0 Å². The van der Waals surface area contributed by atoms with Crippen LogP contribution in [-0.4, -0.2) is 44.6 Å². The van der Waals surface area contributed by atoms with Crippen LogP contribution in [0.3, 0.4) is 0 Å². The summed E-state index contributed by atoms with van der Waals surface area (Å²) in [6.45, 7) is 3.12. The van der Waals surface area contributed by atoms with E-state index in [0.717, 1.165) is 15.6 Å². The summed E-state index contributed by atoms with van der Waals surface area (Å²) in [6, 6.07) is 0. The highest BCUT2D eigenvalue weighted by atomic mass is 32.2. The number of thioether (sulfide) groups is 1. The lowest BCUT2D eigenvalue weighted by Gasteiger charge is -2.35. The number of carbonyl (C=O) groups is 1. The average molecular weight is 323 g/mol. The summed E-state index contributed by atoms with van der Waals surface area (Å²) in [5.41, 5.74) is 0.712. The van der Waals surface area contributed by atoms with Gasteiger partial charge in [-0.15, -0.1) is 23.1 Å². The Morgan fingerprint density at radius 2 is 2.19 bits per heavy atom. The van der Waals surface area contributed by atoms with E-state index < -0.39 is 5.60 Å². The van der Waals surface area contributed by atoms with E-state index in [4.69, 9.17) is 9.47 Å². The number of amides is 1. The molecule has 3 rings (SSSR count). The van der Waals surface area contributed by atoms with Crippen LogP contribution >= 0.6 is 23.1 Å². The van der Waals surface area contributed by atoms with E-state index in [0.29, 0.717) is 19.6 Å². The Bertz CT molecular complexity index is 632. The minimum atomic E-state index is -0.456. The van der Waals surface area contributed by atoms with Crippen LogP contribution < -0.4 is 4.90 Å². The van der Waals surface area contributed by atoms with Crippen molar-refractivity contribution in [3.05, 3.63) is 10.4 Å². The molecule has 3 heterocycles. The van der Waals surface area contributed by atoms with Gasteiger partial charge in [-0.3, -0.25) is 4.79 Å². The number of carbonyl (C=O) groups excluding carboxylic acids is 1. The Kier molecular flexibility index (Phi) is 4.02. The summed E-state index contributed by atoms with van der Waals surface area (Å²) in [6.07, 6.45) is 0.590. The summed E-state index contributed by atoms with van der Waals surface area (Å²) in [4.78, 5) is 15.9. The third-order valence-corrected chi connectivity index (χ3v) is 6.39. The first-order chi connectivity index (χ1) is 10.1. The SMILES string of the molecule is COC1(C#Cc2sc3c(c2C)SCCC(=O)N3C)COC1. The molecule has 0 unspecified atom stereocenters. The van der Waals surface area contributed by atoms with Crippen LogP contribution in [0, 0.1) is 18.8 Å². The summed E-state index contributed by atoms with van der Waals surface area (Å²) in [5, 5.41) is 1.01. The van der Waals surface area contributed by atoms with Gasteiger partial charge >= 0.3 is 0 Å². The highest BCUT2D eigenvalue weighted by Crippen LogP contribution is 2.43. The van der Waals surface area contributed by atoms with Gasteiger partial charge in [0.25, 0.3) is 0 Å². The maximum atomic E-state index is 12.0. The van der Waals surface area contributed by atoms with Gasteiger partial charge in [0, 0.05) is 31.2 Å². The molecule has 0 bridgehead atoms. The Hall–Kier alpha value is -1.00. The van der Waals surface area contributed by atoms with Gasteiger partial charge in [0.15, 0.2) is 5.60 Å². The number of thiophene rings is 1. The maximum absolute atomic E-state index is 12.0. The molecule has 0 saturated carbocycles. The van der Waals surface area contributed by atoms with Gasteiger partial charge in [-0.25, -0.2) is 0 Å². The molecule has 6 heteroatoms. The molecule has 0 aliphatic carbocycles. The fraction of sp³-hybridized carbons (Fsp3) is 0.533. The lowest BCUT2D eigenvalue weighted by molar-refractivity contribution is -0.159. The van der Waals surface area contributed by atoms with Gasteiger partial charge in [0.2, 0.25) is 5.91 Å². The lowest BCUT2D eigenvalue weighted by Crippen LogP contribution is -2.50. The molecule has 0 aromatic carbocycles. The van der Waals surface area contributed by atoms with Crippen molar-refractivity contribution in [2.24, 2.45) is 0 Å². The molecular weight excluding hydrogens is 306 g/mol. The van der Waals surface area contributed by atoms with E-state index in [1.54, 1.807) is 35.1 Å². The fourth-order valence-electron chi connectivity index (χ4n) is 2.21. The Morgan fingerprint density at radius 3 is 2.81 bits per heavy atom. The predicted octanol–water partition coefficient (Wildman–Crippen LogP) is 2.28. The lowest BCUT2D eigenvalue weighted by atomic mass is 10.0. The molecule has 1 fully saturated rings. The van der Waals surface area contributed by atoms with Crippen LogP contribution in [0.15, 0.2) is 4.90 Å². The molecule has 0 N–H and O–H groups in total. The largest absolute Gasteiger partial charge is 0.373 e. The first-order valence-electron chi connectivity index (χ1n) is 6.75. The molecule has 112 valence electrons. The Balaban J connectivity index is 1.95. The number of hydrogen-bond acceptors (Lipinski definition) is 5. The van der Waals surface area contributed by atoms with E-state index in [1.807, 2.05) is 7.05 Å². The molecule has 1 amide bonds. The van der Waals surface area contributed by atoms with Crippen molar-refractivity contribution in [3.8, 4) is 11.8 Å². The second-order valence-electron chi connectivity index (χ2n) is 5.18. The number of anilines is 1. The highest BCUT2D eigenvalue weighted by molar-refractivity contribution is 7.99. The van der Waals surface area contributed by atoms with Crippen LogP contribution in [0.25, 0.3) is 0 Å². The molecule has 21 heavy (non-hydrogen) atoms. The van der Waals surface area contributed by atoms with Crippen molar-refractivity contribution in [3.63, 3.8) is 0 Å². The van der Waals surface area contributed by atoms with Crippen molar-refractivity contribution < 1.29 is 14.3 Å². The molecule has 4 nitrogen and oxygen atoms in total. The number of fused-ring (bicyclic) bond motifs is 1. The smallest absolute Gasteiger partial charge is 0.228 e. The van der Waals surface area contributed by atoms with E-state index in [-0.39, 0.29) is 5.91 Å². The Morgan fingerprint density at radius 1 is 1.43 bits per heavy atom. The minimum Gasteiger partial charge on any atom is -0.373 e. The van der Waals surface area contributed by atoms with E-state index >= 15 is 0 Å². The van der Waals surface area contributed by atoms with Gasteiger partial charge in [0.1, 0.15) is 5.00 Å². The monoisotopic (exact) mass is 323 g/mol. The van der Waals surface area contributed by atoms with Crippen LogP contribution in [0.5, 0.6) is 0 Å². The minimum absolute atomic E-state index is 0.169. The molecule has 1 aromatic rings. The highest BCUT2D eigenvalue weighted by Gasteiger charge is 2.37. The van der Waals surface area contributed by atoms with Crippen LogP contribution in [0.1, 0.15) is 16.9 Å². The molecule has 1 aromatic heterocycles. The normalized spacial score (nSPS) is 20.1. The summed E-state index contributed by atoms with van der Waals surface area (Å²) >= 11 is 3.33. The quantitative estimate of drug-likeness (QED) is 0.743. The number of hydrogen-bond donors (Lipinski definition) is 0. The molecule has 0 spiro atoms. The zero-order chi connectivity index (χ0) is 15.0. The van der Waals surface area contributed by atoms with Crippen LogP contribution in [-0.2, 0) is 14.3 Å². The maximum Gasteiger partial charge on any atom is 0.228 e. The molecule has 0 atom stereocenters. The zero-order valence-electron chi connectivity index (χ0n) is 12.3. The molecule has 1 saturated heterocycles. The van der Waals surface area contributed by atoms with Crippen LogP contribution in [0.2, 0.25) is 0 Å². The number of ether oxygens (including phenoxy) is 2. The number of nitrogens with zero attached hydrogens (tertiary/aromatic N) is 1. The summed E-state index contributed by atoms with van der Waals surface area (Å²) in [5.74, 6) is 7.42. The van der Waals surface area contributed by atoms with Crippen molar-refractivity contribution in [2.45, 2.75) is 23.8 Å². The average Bonchev–Trinajstić information content (AvgIpc) is 2.67. The molecule has 2 aliphatic heterocycles. The second kappa shape index (κ2) is 5.65. The molecular formula is C15H17NO3S2. The number of methoxy groups -OCH3 is 1. The third kappa shape index (κ3) is 2.59. The Labute approximate surface area is 132 Å². The third-order valence-electron chi connectivity index (χ3n) is 3.78. The standard InChI is InChI=1S/C15H17NO3S2/c1-10-11(4-6-15(18-3)8-19-9-15)21-14-13(10)20-7-5-12(17)16(14)2/h5,7-9H2,1-3H3.